The maximum atomic E-state index is 12.8. The van der Waals surface area contributed by atoms with E-state index in [1.807, 2.05) is 13.8 Å². The van der Waals surface area contributed by atoms with E-state index in [9.17, 15) is 16.8 Å². The number of benzene rings is 1. The first-order valence-electron chi connectivity index (χ1n) is 7.32. The van der Waals surface area contributed by atoms with Gasteiger partial charge in [-0.15, -0.1) is 12.4 Å². The van der Waals surface area contributed by atoms with Gasteiger partial charge in [0.15, 0.2) is 0 Å². The summed E-state index contributed by atoms with van der Waals surface area (Å²) in [6.45, 7) is 3.80. The van der Waals surface area contributed by atoms with Gasteiger partial charge in [-0.05, 0) is 25.0 Å². The van der Waals surface area contributed by atoms with Gasteiger partial charge in [0.25, 0.3) is 0 Å². The molecule has 140 valence electrons. The van der Waals surface area contributed by atoms with Crippen LogP contribution in [0.3, 0.4) is 0 Å². The van der Waals surface area contributed by atoms with Crippen LogP contribution >= 0.6 is 12.4 Å². The minimum Gasteiger partial charge on any atom is -0.329 e. The molecule has 1 rings (SSSR count). The molecule has 0 aliphatic carbocycles. The zero-order chi connectivity index (χ0) is 17.9. The molecule has 7 nitrogen and oxygen atoms in total. The molecule has 0 fully saturated rings. The van der Waals surface area contributed by atoms with Gasteiger partial charge in [-0.2, -0.15) is 0 Å². The van der Waals surface area contributed by atoms with Crippen molar-refractivity contribution in [2.45, 2.75) is 42.0 Å². The van der Waals surface area contributed by atoms with E-state index in [2.05, 4.69) is 4.72 Å². The standard InChI is InChI=1S/C14H25N3O4S2.ClH/c1-5-14(6-2,11-15)16-22(18,19)12-9-7-8-10-13(12)23(20,21)17(3)4;/h7-10,16H,5-6,11,15H2,1-4H3;1H. The normalized spacial score (nSPS) is 12.9. The van der Waals surface area contributed by atoms with Crippen molar-refractivity contribution in [3.8, 4) is 0 Å². The molecule has 1 aromatic carbocycles. The molecule has 0 bridgehead atoms. The zero-order valence-corrected chi connectivity index (χ0v) is 16.8. The number of nitrogens with one attached hydrogen (secondary N) is 1. The predicted octanol–water partition coefficient (Wildman–Crippen LogP) is 1.15. The van der Waals surface area contributed by atoms with E-state index in [0.717, 1.165) is 4.31 Å². The fraction of sp³-hybridized carbons (Fsp3) is 0.571. The molecule has 0 unspecified atom stereocenters. The van der Waals surface area contributed by atoms with Gasteiger partial charge in [-0.25, -0.2) is 25.9 Å². The summed E-state index contributed by atoms with van der Waals surface area (Å²) in [5, 5.41) is 0. The van der Waals surface area contributed by atoms with E-state index in [1.165, 1.54) is 38.4 Å². The highest BCUT2D eigenvalue weighted by Crippen LogP contribution is 2.25. The Hall–Kier alpha value is -0.710. The molecule has 0 heterocycles. The number of rotatable bonds is 8. The van der Waals surface area contributed by atoms with E-state index in [4.69, 9.17) is 5.73 Å². The lowest BCUT2D eigenvalue weighted by Gasteiger charge is -2.31. The largest absolute Gasteiger partial charge is 0.329 e. The highest BCUT2D eigenvalue weighted by Gasteiger charge is 2.34. The smallest absolute Gasteiger partial charge is 0.243 e. The fourth-order valence-electron chi connectivity index (χ4n) is 2.15. The summed E-state index contributed by atoms with van der Waals surface area (Å²) in [7, 11) is -5.21. The SMILES string of the molecule is CCC(CC)(CN)NS(=O)(=O)c1ccccc1S(=O)(=O)N(C)C.Cl. The zero-order valence-electron chi connectivity index (χ0n) is 14.3. The highest BCUT2D eigenvalue weighted by molar-refractivity contribution is 7.92. The van der Waals surface area contributed by atoms with Gasteiger partial charge >= 0.3 is 0 Å². The maximum Gasteiger partial charge on any atom is 0.243 e. The first kappa shape index (κ1) is 23.3. The summed E-state index contributed by atoms with van der Waals surface area (Å²) in [6.07, 6.45) is 1.00. The summed E-state index contributed by atoms with van der Waals surface area (Å²) in [5.41, 5.74) is 4.93. The van der Waals surface area contributed by atoms with Crippen molar-refractivity contribution < 1.29 is 16.8 Å². The van der Waals surface area contributed by atoms with Crippen LogP contribution in [0.15, 0.2) is 34.1 Å². The number of halogens is 1. The summed E-state index contributed by atoms with van der Waals surface area (Å²) >= 11 is 0. The molecule has 0 amide bonds. The Labute approximate surface area is 151 Å². The van der Waals surface area contributed by atoms with Gasteiger partial charge < -0.3 is 5.73 Å². The van der Waals surface area contributed by atoms with Crippen molar-refractivity contribution in [3.63, 3.8) is 0 Å². The van der Waals surface area contributed by atoms with Crippen molar-refractivity contribution in [2.75, 3.05) is 20.6 Å². The van der Waals surface area contributed by atoms with Crippen molar-refractivity contribution in [1.82, 2.24) is 9.03 Å². The first-order chi connectivity index (χ1) is 10.6. The molecular weight excluding hydrogens is 374 g/mol. The van der Waals surface area contributed by atoms with Crippen molar-refractivity contribution in [1.29, 1.82) is 0 Å². The summed E-state index contributed by atoms with van der Waals surface area (Å²) in [6, 6.07) is 5.55. The van der Waals surface area contributed by atoms with E-state index in [0.29, 0.717) is 12.8 Å². The summed E-state index contributed by atoms with van der Waals surface area (Å²) in [4.78, 5) is -0.524. The van der Waals surface area contributed by atoms with Crippen molar-refractivity contribution in [2.24, 2.45) is 5.73 Å². The van der Waals surface area contributed by atoms with Gasteiger partial charge in [-0.3, -0.25) is 0 Å². The third kappa shape index (κ3) is 4.68. The lowest BCUT2D eigenvalue weighted by molar-refractivity contribution is 0.363. The average Bonchev–Trinajstić information content (AvgIpc) is 2.52. The second-order valence-electron chi connectivity index (χ2n) is 5.53. The van der Waals surface area contributed by atoms with E-state index < -0.39 is 25.6 Å². The first-order valence-corrected chi connectivity index (χ1v) is 10.2. The van der Waals surface area contributed by atoms with Gasteiger partial charge in [0, 0.05) is 26.2 Å². The highest BCUT2D eigenvalue weighted by atomic mass is 35.5. The third-order valence-electron chi connectivity index (χ3n) is 3.99. The van der Waals surface area contributed by atoms with Crippen LogP contribution < -0.4 is 10.5 Å². The Bertz CT molecular complexity index is 737. The van der Waals surface area contributed by atoms with E-state index in [1.54, 1.807) is 0 Å². The minimum atomic E-state index is -4.04. The van der Waals surface area contributed by atoms with E-state index in [-0.39, 0.29) is 28.7 Å². The van der Waals surface area contributed by atoms with Crippen LogP contribution in [0.5, 0.6) is 0 Å². The molecule has 0 aliphatic heterocycles. The Morgan fingerprint density at radius 1 is 1.04 bits per heavy atom. The number of hydrogen-bond donors (Lipinski definition) is 2. The van der Waals surface area contributed by atoms with Crippen LogP contribution in [0.4, 0.5) is 0 Å². The quantitative estimate of drug-likeness (QED) is 0.681. The summed E-state index contributed by atoms with van der Waals surface area (Å²) < 4.78 is 53.9. The molecular formula is C14H26ClN3O4S2. The van der Waals surface area contributed by atoms with Crippen molar-refractivity contribution in [3.05, 3.63) is 24.3 Å². The lowest BCUT2D eigenvalue weighted by atomic mass is 9.95. The predicted molar refractivity (Wildman–Crippen MR) is 97.3 cm³/mol. The molecule has 1 aromatic rings. The van der Waals surface area contributed by atoms with Gasteiger partial charge in [0.1, 0.15) is 9.79 Å². The Kier molecular flexibility index (Phi) is 8.34. The molecule has 0 saturated heterocycles. The third-order valence-corrected chi connectivity index (χ3v) is 7.63. The molecule has 0 saturated carbocycles. The second kappa shape index (κ2) is 8.59. The maximum absolute atomic E-state index is 12.8. The summed E-state index contributed by atoms with van der Waals surface area (Å²) in [5.74, 6) is 0. The number of sulfonamides is 2. The monoisotopic (exact) mass is 399 g/mol. The van der Waals surface area contributed by atoms with Crippen LogP contribution in [0.25, 0.3) is 0 Å². The van der Waals surface area contributed by atoms with Crippen LogP contribution in [-0.4, -0.2) is 47.3 Å². The molecule has 0 aliphatic rings. The Morgan fingerprint density at radius 2 is 1.50 bits per heavy atom. The van der Waals surface area contributed by atoms with Gasteiger partial charge in [0.2, 0.25) is 20.0 Å². The molecule has 10 heteroatoms. The topological polar surface area (TPSA) is 110 Å². The van der Waals surface area contributed by atoms with E-state index >= 15 is 0 Å². The second-order valence-corrected chi connectivity index (χ2v) is 9.30. The molecule has 0 atom stereocenters. The molecule has 3 N–H and O–H groups in total. The minimum absolute atomic E-state index is 0. The Balaban J connectivity index is 0.00000529. The molecule has 0 spiro atoms. The molecule has 0 radical (unpaired) electrons. The van der Waals surface area contributed by atoms with Crippen LogP contribution in [-0.2, 0) is 20.0 Å². The molecule has 24 heavy (non-hydrogen) atoms. The number of nitrogens with two attached hydrogens (primary N) is 1. The Morgan fingerprint density at radius 3 is 1.88 bits per heavy atom. The number of nitrogens with zero attached hydrogens (tertiary/aromatic N) is 1. The average molecular weight is 400 g/mol. The fourth-order valence-corrected chi connectivity index (χ4v) is 5.40. The van der Waals surface area contributed by atoms with Crippen molar-refractivity contribution >= 4 is 32.5 Å². The van der Waals surface area contributed by atoms with Crippen LogP contribution in [0, 0.1) is 0 Å². The van der Waals surface area contributed by atoms with Crippen LogP contribution in [0.2, 0.25) is 0 Å². The van der Waals surface area contributed by atoms with Crippen LogP contribution in [0.1, 0.15) is 26.7 Å². The lowest BCUT2D eigenvalue weighted by Crippen LogP contribution is -2.52. The molecule has 0 aromatic heterocycles. The number of hydrogen-bond acceptors (Lipinski definition) is 5. The van der Waals surface area contributed by atoms with Gasteiger partial charge in [0.05, 0.1) is 0 Å². The van der Waals surface area contributed by atoms with Gasteiger partial charge in [-0.1, -0.05) is 26.0 Å².